The highest BCUT2D eigenvalue weighted by Gasteiger charge is 2.27. The van der Waals surface area contributed by atoms with E-state index in [0.717, 1.165) is 12.2 Å². The highest BCUT2D eigenvalue weighted by atomic mass is 32.2. The molecule has 2 unspecified atom stereocenters. The molecule has 6 nitrogen and oxygen atoms in total. The van der Waals surface area contributed by atoms with Gasteiger partial charge >= 0.3 is 0 Å². The fourth-order valence-corrected chi connectivity index (χ4v) is 2.21. The summed E-state index contributed by atoms with van der Waals surface area (Å²) in [6.45, 7) is 0.725. The van der Waals surface area contributed by atoms with Crippen LogP contribution in [0.5, 0.6) is 0 Å². The van der Waals surface area contributed by atoms with Crippen LogP contribution in [0.3, 0.4) is 0 Å². The molecule has 1 fully saturated rings. The lowest BCUT2D eigenvalue weighted by molar-refractivity contribution is -0.0892. The highest BCUT2D eigenvalue weighted by molar-refractivity contribution is 7.87. The van der Waals surface area contributed by atoms with Crippen LogP contribution >= 0.6 is 0 Å². The molecule has 1 aliphatic carbocycles. The van der Waals surface area contributed by atoms with Gasteiger partial charge in [-0.3, -0.25) is 0 Å². The van der Waals surface area contributed by atoms with Crippen LogP contribution in [0, 0.1) is 0 Å². The molecule has 0 saturated carbocycles. The Kier molecular flexibility index (Phi) is 3.82. The molecule has 0 radical (unpaired) electrons. The number of allylic oxidation sites excluding steroid dienone is 2. The summed E-state index contributed by atoms with van der Waals surface area (Å²) in [6, 6.07) is 0. The zero-order valence-corrected chi connectivity index (χ0v) is 10.2. The summed E-state index contributed by atoms with van der Waals surface area (Å²) in [6.07, 6.45) is 7.09. The molecule has 2 rings (SSSR count). The van der Waals surface area contributed by atoms with E-state index in [9.17, 15) is 8.42 Å². The molecule has 2 atom stereocenters. The van der Waals surface area contributed by atoms with Crippen LogP contribution in [0.2, 0.25) is 0 Å². The minimum atomic E-state index is -3.62. The van der Waals surface area contributed by atoms with Gasteiger partial charge in [-0.15, -0.1) is 0 Å². The van der Waals surface area contributed by atoms with Crippen molar-refractivity contribution >= 4 is 10.2 Å². The summed E-state index contributed by atoms with van der Waals surface area (Å²) >= 11 is 0. The number of fused-ring (bicyclic) bond motifs is 1. The predicted octanol–water partition coefficient (Wildman–Crippen LogP) is -0.203. The second kappa shape index (κ2) is 5.18. The quantitative estimate of drug-likeness (QED) is 0.732. The van der Waals surface area contributed by atoms with Gasteiger partial charge < -0.3 is 9.47 Å². The molecule has 0 amide bonds. The number of nitrogens with two attached hydrogens (primary N) is 1. The van der Waals surface area contributed by atoms with E-state index in [1.54, 1.807) is 0 Å². The van der Waals surface area contributed by atoms with Gasteiger partial charge in [0.1, 0.15) is 18.0 Å². The van der Waals surface area contributed by atoms with Crippen LogP contribution in [-0.4, -0.2) is 33.8 Å². The minimum absolute atomic E-state index is 0.0162. The maximum Gasteiger partial charge on any atom is 0.274 e. The first kappa shape index (κ1) is 12.6. The number of nitrogens with one attached hydrogen (secondary N) is 1. The predicted molar refractivity (Wildman–Crippen MR) is 62.2 cm³/mol. The molecule has 0 aromatic carbocycles. The van der Waals surface area contributed by atoms with Crippen LogP contribution in [0.1, 0.15) is 12.8 Å². The smallest absolute Gasteiger partial charge is 0.274 e. The van der Waals surface area contributed by atoms with Crippen LogP contribution in [0.15, 0.2) is 24.0 Å². The monoisotopic (exact) mass is 260 g/mol. The van der Waals surface area contributed by atoms with Crippen molar-refractivity contribution in [2.24, 2.45) is 5.14 Å². The van der Waals surface area contributed by atoms with Crippen molar-refractivity contribution < 1.29 is 17.9 Å². The van der Waals surface area contributed by atoms with Crippen LogP contribution < -0.4 is 9.86 Å². The third-order valence-corrected chi connectivity index (χ3v) is 3.23. The second-order valence-electron chi connectivity index (χ2n) is 4.02. The Hall–Kier alpha value is -0.890. The lowest BCUT2D eigenvalue weighted by Gasteiger charge is -2.33. The van der Waals surface area contributed by atoms with Gasteiger partial charge in [-0.1, -0.05) is 12.2 Å². The van der Waals surface area contributed by atoms with E-state index in [1.807, 2.05) is 18.2 Å². The second-order valence-corrected chi connectivity index (χ2v) is 5.40. The highest BCUT2D eigenvalue weighted by Crippen LogP contribution is 2.25. The van der Waals surface area contributed by atoms with E-state index in [-0.39, 0.29) is 18.8 Å². The van der Waals surface area contributed by atoms with Crippen molar-refractivity contribution in [1.29, 1.82) is 0 Å². The first-order chi connectivity index (χ1) is 8.04. The first-order valence-corrected chi connectivity index (χ1v) is 7.01. The van der Waals surface area contributed by atoms with E-state index < -0.39 is 10.2 Å². The molecule has 96 valence electrons. The summed E-state index contributed by atoms with van der Waals surface area (Å²) < 4.78 is 34.9. The van der Waals surface area contributed by atoms with Crippen molar-refractivity contribution in [3.05, 3.63) is 24.0 Å². The Balaban J connectivity index is 1.80. The van der Waals surface area contributed by atoms with Crippen LogP contribution in [0.4, 0.5) is 0 Å². The maximum absolute atomic E-state index is 10.7. The zero-order valence-electron chi connectivity index (χ0n) is 9.33. The van der Waals surface area contributed by atoms with Gasteiger partial charge in [0.05, 0.1) is 6.61 Å². The molecule has 0 bridgehead atoms. The number of ether oxygens (including phenoxy) is 2. The van der Waals surface area contributed by atoms with E-state index in [1.165, 1.54) is 0 Å². The standard InChI is InChI=1S/C10H16N2O4S/c11-17(13,14)12-6-5-8-7-15-9-3-1-2-4-10(9)16-8/h1-2,4,8-9,12H,3,5-7H2,(H2,11,13,14). The summed E-state index contributed by atoms with van der Waals surface area (Å²) in [5.74, 6) is 0.819. The Labute approximate surface area is 101 Å². The largest absolute Gasteiger partial charge is 0.490 e. The fourth-order valence-electron chi connectivity index (χ4n) is 1.81. The fraction of sp³-hybridized carbons (Fsp3) is 0.600. The lowest BCUT2D eigenvalue weighted by atomic mass is 10.1. The summed E-state index contributed by atoms with van der Waals surface area (Å²) in [5.41, 5.74) is 0. The first-order valence-electron chi connectivity index (χ1n) is 5.47. The topological polar surface area (TPSA) is 90.7 Å². The molecule has 0 spiro atoms. The number of hydrogen-bond donors (Lipinski definition) is 2. The van der Waals surface area contributed by atoms with E-state index >= 15 is 0 Å². The van der Waals surface area contributed by atoms with E-state index in [0.29, 0.717) is 13.0 Å². The lowest BCUT2D eigenvalue weighted by Crippen LogP contribution is -2.38. The molecular formula is C10H16N2O4S. The van der Waals surface area contributed by atoms with Crippen LogP contribution in [-0.2, 0) is 19.7 Å². The van der Waals surface area contributed by atoms with E-state index in [2.05, 4.69) is 4.72 Å². The average molecular weight is 260 g/mol. The molecule has 1 aliphatic heterocycles. The van der Waals surface area contributed by atoms with Gasteiger partial charge in [0.2, 0.25) is 0 Å². The Morgan fingerprint density at radius 1 is 1.53 bits per heavy atom. The van der Waals surface area contributed by atoms with Gasteiger partial charge in [0, 0.05) is 13.0 Å². The summed E-state index contributed by atoms with van der Waals surface area (Å²) in [7, 11) is -3.62. The molecule has 0 aromatic rings. The molecule has 1 saturated heterocycles. The van der Waals surface area contributed by atoms with Gasteiger partial charge in [-0.2, -0.15) is 8.42 Å². The molecule has 0 aromatic heterocycles. The van der Waals surface area contributed by atoms with Crippen molar-refractivity contribution in [2.75, 3.05) is 13.2 Å². The van der Waals surface area contributed by atoms with Crippen LogP contribution in [0.25, 0.3) is 0 Å². The third-order valence-electron chi connectivity index (χ3n) is 2.62. The Morgan fingerprint density at radius 3 is 3.12 bits per heavy atom. The van der Waals surface area contributed by atoms with Crippen molar-refractivity contribution in [1.82, 2.24) is 4.72 Å². The van der Waals surface area contributed by atoms with Gasteiger partial charge in [0.15, 0.2) is 0 Å². The number of hydrogen-bond acceptors (Lipinski definition) is 4. The molecule has 1 heterocycles. The van der Waals surface area contributed by atoms with Crippen molar-refractivity contribution in [2.45, 2.75) is 25.0 Å². The summed E-state index contributed by atoms with van der Waals surface area (Å²) in [4.78, 5) is 0. The Morgan fingerprint density at radius 2 is 2.35 bits per heavy atom. The van der Waals surface area contributed by atoms with Crippen molar-refractivity contribution in [3.8, 4) is 0 Å². The van der Waals surface area contributed by atoms with Crippen molar-refractivity contribution in [3.63, 3.8) is 0 Å². The molecule has 2 aliphatic rings. The normalized spacial score (nSPS) is 28.2. The minimum Gasteiger partial charge on any atom is -0.490 e. The maximum atomic E-state index is 10.7. The zero-order chi connectivity index (χ0) is 12.3. The summed E-state index contributed by atoms with van der Waals surface area (Å²) in [5, 5.41) is 4.83. The molecule has 17 heavy (non-hydrogen) atoms. The average Bonchev–Trinajstić information content (AvgIpc) is 2.27. The third kappa shape index (κ3) is 3.81. The SMILES string of the molecule is NS(=O)(=O)NCCC1COC2CC=CC=C2O1. The van der Waals surface area contributed by atoms with Gasteiger partial charge in [-0.25, -0.2) is 9.86 Å². The van der Waals surface area contributed by atoms with Gasteiger partial charge in [-0.05, 0) is 12.5 Å². The molecular weight excluding hydrogens is 244 g/mol. The van der Waals surface area contributed by atoms with Gasteiger partial charge in [0.25, 0.3) is 10.2 Å². The van der Waals surface area contributed by atoms with E-state index in [4.69, 9.17) is 14.6 Å². The molecule has 7 heteroatoms. The Bertz CT molecular complexity index is 430. The molecule has 3 N–H and O–H groups in total. The number of rotatable bonds is 4.